The van der Waals surface area contributed by atoms with E-state index >= 15 is 0 Å². The maximum atomic E-state index is 6.65. The van der Waals surface area contributed by atoms with Crippen molar-refractivity contribution in [1.29, 1.82) is 0 Å². The highest BCUT2D eigenvalue weighted by atomic mass is 16.3. The van der Waals surface area contributed by atoms with Crippen molar-refractivity contribution < 1.29 is 4.42 Å². The van der Waals surface area contributed by atoms with Gasteiger partial charge in [0.05, 0.1) is 27.6 Å². The van der Waals surface area contributed by atoms with Crippen molar-refractivity contribution in [3.8, 4) is 22.5 Å². The fourth-order valence-corrected chi connectivity index (χ4v) is 9.04. The molecule has 0 unspecified atom stereocenters. The Bertz CT molecular complexity index is 2860. The first kappa shape index (κ1) is 29.1. The van der Waals surface area contributed by atoms with Gasteiger partial charge in [0.1, 0.15) is 11.2 Å². The lowest BCUT2D eigenvalue weighted by Crippen LogP contribution is -2.14. The first-order valence-electron chi connectivity index (χ1n) is 18.0. The third-order valence-electron chi connectivity index (χ3n) is 11.2. The number of para-hydroxylation sites is 2. The van der Waals surface area contributed by atoms with Crippen LogP contribution in [0.2, 0.25) is 0 Å². The van der Waals surface area contributed by atoms with Gasteiger partial charge in [-0.2, -0.15) is 0 Å². The normalized spacial score (nSPS) is 14.3. The smallest absolute Gasteiger partial charge is 0.145 e. The molecule has 3 aromatic heterocycles. The molecule has 2 aliphatic carbocycles. The predicted octanol–water partition coefficient (Wildman–Crippen LogP) is 12.9. The molecule has 0 radical (unpaired) electrons. The Morgan fingerprint density at radius 1 is 0.600 bits per heavy atom. The molecule has 0 N–H and O–H groups in total. The van der Waals surface area contributed by atoms with E-state index in [4.69, 9.17) is 4.42 Å². The van der Waals surface area contributed by atoms with Gasteiger partial charge in [-0.25, -0.2) is 0 Å². The molecule has 0 saturated carbocycles. The average molecular weight is 647 g/mol. The van der Waals surface area contributed by atoms with Crippen LogP contribution in [0.15, 0.2) is 132 Å². The number of benzene rings is 6. The van der Waals surface area contributed by atoms with Crippen LogP contribution >= 0.6 is 0 Å². The molecule has 0 spiro atoms. The number of hydrogen-bond acceptors (Lipinski definition) is 1. The maximum absolute atomic E-state index is 6.65. The van der Waals surface area contributed by atoms with Crippen LogP contribution in [0.4, 0.5) is 0 Å². The first-order valence-corrected chi connectivity index (χ1v) is 18.0. The highest BCUT2D eigenvalue weighted by molar-refractivity contribution is 6.19. The topological polar surface area (TPSA) is 23.0 Å². The SMILES string of the molecule is CC.CC1(C)c2ccccc2-c2cc3c4c(-n5c6c(c7c8oc9ccccc9c8ccc75)C=CCC6)cccc4n(-c4ccccc4)c3cc21. The van der Waals surface area contributed by atoms with E-state index in [0.29, 0.717) is 0 Å². The molecule has 11 rings (SSSR count). The van der Waals surface area contributed by atoms with Crippen LogP contribution in [0, 0.1) is 0 Å². The van der Waals surface area contributed by atoms with Crippen LogP contribution in [-0.4, -0.2) is 9.13 Å². The molecule has 0 aliphatic heterocycles. The van der Waals surface area contributed by atoms with Gasteiger partial charge in [-0.3, -0.25) is 0 Å². The second kappa shape index (κ2) is 10.6. The van der Waals surface area contributed by atoms with E-state index in [2.05, 4.69) is 156 Å². The predicted molar refractivity (Wildman–Crippen MR) is 211 cm³/mol. The lowest BCUT2D eigenvalue weighted by atomic mass is 9.82. The second-order valence-electron chi connectivity index (χ2n) is 14.0. The van der Waals surface area contributed by atoms with Crippen LogP contribution < -0.4 is 0 Å². The quantitative estimate of drug-likeness (QED) is 0.183. The van der Waals surface area contributed by atoms with Crippen LogP contribution in [0.1, 0.15) is 56.5 Å². The summed E-state index contributed by atoms with van der Waals surface area (Å²) >= 11 is 0. The van der Waals surface area contributed by atoms with E-state index in [1.165, 1.54) is 88.4 Å². The van der Waals surface area contributed by atoms with E-state index in [1.807, 2.05) is 13.8 Å². The Morgan fingerprint density at radius 2 is 1.38 bits per heavy atom. The molecule has 0 bridgehead atoms. The van der Waals surface area contributed by atoms with Gasteiger partial charge in [-0.1, -0.05) is 107 Å². The number of furan rings is 1. The maximum Gasteiger partial charge on any atom is 0.145 e. The lowest BCUT2D eigenvalue weighted by Gasteiger charge is -2.21. The molecule has 6 aromatic carbocycles. The van der Waals surface area contributed by atoms with Crippen molar-refractivity contribution >= 4 is 60.7 Å². The molecular weight excluding hydrogens is 609 g/mol. The van der Waals surface area contributed by atoms with Crippen molar-refractivity contribution in [3.05, 3.63) is 150 Å². The van der Waals surface area contributed by atoms with Crippen LogP contribution in [-0.2, 0) is 11.8 Å². The Hall–Kier alpha value is -5.80. The molecule has 0 atom stereocenters. The highest BCUT2D eigenvalue weighted by Crippen LogP contribution is 2.52. The van der Waals surface area contributed by atoms with Gasteiger partial charge in [0, 0.05) is 43.9 Å². The summed E-state index contributed by atoms with van der Waals surface area (Å²) in [6, 6.07) is 44.6. The first-order chi connectivity index (χ1) is 24.6. The zero-order valence-electron chi connectivity index (χ0n) is 28.9. The molecule has 0 saturated heterocycles. The largest absolute Gasteiger partial charge is 0.455 e. The minimum atomic E-state index is -0.0824. The van der Waals surface area contributed by atoms with Gasteiger partial charge in [0.15, 0.2) is 0 Å². The number of nitrogens with zero attached hydrogens (tertiary/aromatic N) is 2. The van der Waals surface area contributed by atoms with Crippen molar-refractivity contribution in [2.45, 2.75) is 46.0 Å². The van der Waals surface area contributed by atoms with Gasteiger partial charge in [-0.15, -0.1) is 0 Å². The third kappa shape index (κ3) is 3.75. The number of rotatable bonds is 2. The van der Waals surface area contributed by atoms with Crippen LogP contribution in [0.5, 0.6) is 0 Å². The fourth-order valence-electron chi connectivity index (χ4n) is 9.04. The molecule has 3 heterocycles. The monoisotopic (exact) mass is 646 g/mol. The number of fused-ring (bicyclic) bond motifs is 13. The molecule has 9 aromatic rings. The summed E-state index contributed by atoms with van der Waals surface area (Å²) in [7, 11) is 0. The van der Waals surface area contributed by atoms with Crippen LogP contribution in [0.25, 0.3) is 83.2 Å². The van der Waals surface area contributed by atoms with E-state index in [9.17, 15) is 0 Å². The lowest BCUT2D eigenvalue weighted by molar-refractivity contribution is 0.661. The van der Waals surface area contributed by atoms with Crippen molar-refractivity contribution in [2.24, 2.45) is 0 Å². The number of allylic oxidation sites excluding steroid dienone is 1. The fraction of sp³-hybridized carbons (Fsp3) is 0.149. The minimum Gasteiger partial charge on any atom is -0.455 e. The Balaban J connectivity index is 0.00000156. The van der Waals surface area contributed by atoms with Crippen LogP contribution in [0.3, 0.4) is 0 Å². The van der Waals surface area contributed by atoms with Gasteiger partial charge in [-0.05, 0) is 89.7 Å². The van der Waals surface area contributed by atoms with E-state index < -0.39 is 0 Å². The number of aromatic nitrogens is 2. The van der Waals surface area contributed by atoms with Crippen molar-refractivity contribution in [3.63, 3.8) is 0 Å². The van der Waals surface area contributed by atoms with Crippen molar-refractivity contribution in [2.75, 3.05) is 0 Å². The molecule has 2 aliphatic rings. The molecule has 0 amide bonds. The Labute approximate surface area is 291 Å². The Kier molecular flexibility index (Phi) is 6.18. The summed E-state index contributed by atoms with van der Waals surface area (Å²) in [6.07, 6.45) is 6.64. The van der Waals surface area contributed by atoms with E-state index in [-0.39, 0.29) is 5.41 Å². The van der Waals surface area contributed by atoms with Gasteiger partial charge >= 0.3 is 0 Å². The second-order valence-corrected chi connectivity index (χ2v) is 14.0. The third-order valence-corrected chi connectivity index (χ3v) is 11.2. The zero-order chi connectivity index (χ0) is 33.7. The molecule has 242 valence electrons. The molecule has 3 nitrogen and oxygen atoms in total. The summed E-state index contributed by atoms with van der Waals surface area (Å²) < 4.78 is 11.7. The molecule has 0 fully saturated rings. The highest BCUT2D eigenvalue weighted by Gasteiger charge is 2.36. The summed E-state index contributed by atoms with van der Waals surface area (Å²) in [5, 5.41) is 6.10. The van der Waals surface area contributed by atoms with Crippen molar-refractivity contribution in [1.82, 2.24) is 9.13 Å². The average Bonchev–Trinajstić information content (AvgIpc) is 3.87. The molecular formula is C47H38N2O. The summed E-state index contributed by atoms with van der Waals surface area (Å²) in [4.78, 5) is 0. The summed E-state index contributed by atoms with van der Waals surface area (Å²) in [5.74, 6) is 0. The Morgan fingerprint density at radius 3 is 2.26 bits per heavy atom. The van der Waals surface area contributed by atoms with Gasteiger partial charge in [0.2, 0.25) is 0 Å². The zero-order valence-corrected chi connectivity index (χ0v) is 28.9. The van der Waals surface area contributed by atoms with E-state index in [0.717, 1.165) is 24.0 Å². The molecule has 3 heteroatoms. The van der Waals surface area contributed by atoms with E-state index in [1.54, 1.807) is 0 Å². The summed E-state index contributed by atoms with van der Waals surface area (Å²) in [6.45, 7) is 8.74. The molecule has 50 heavy (non-hydrogen) atoms. The van der Waals surface area contributed by atoms with Gasteiger partial charge < -0.3 is 13.6 Å². The standard InChI is InChI=1S/C45H32N2O.C2H6/c1-45(2)34-18-9-6-15-28(34)32-25-33-40(26-35(32)45)46(27-13-4-3-5-14-27)37-20-12-21-38(42(33)37)47-36-19-10-7-17-31(36)43-39(47)24-23-30-29-16-8-11-22-41(29)48-44(30)43;1-2/h3-9,11-18,20-26H,10,19H2,1-2H3;1-2H3. The number of hydrogen-bond donors (Lipinski definition) is 0. The summed E-state index contributed by atoms with van der Waals surface area (Å²) in [5.41, 5.74) is 16.0. The van der Waals surface area contributed by atoms with Gasteiger partial charge in [0.25, 0.3) is 0 Å². The minimum absolute atomic E-state index is 0.0824.